The van der Waals surface area contributed by atoms with Gasteiger partial charge in [-0.3, -0.25) is 4.79 Å². The minimum atomic E-state index is -0.0477. The molecule has 0 aromatic heterocycles. The highest BCUT2D eigenvalue weighted by Crippen LogP contribution is 2.22. The first-order valence-electron chi connectivity index (χ1n) is 7.44. The molecule has 0 fully saturated rings. The van der Waals surface area contributed by atoms with Crippen molar-refractivity contribution in [1.82, 2.24) is 5.32 Å². The average molecular weight is 292 g/mol. The zero-order valence-corrected chi connectivity index (χ0v) is 13.8. The molecule has 4 heteroatoms. The fraction of sp³-hybridized carbons (Fsp3) is 0.588. The normalized spacial score (nSPS) is 13.0. The quantitative estimate of drug-likeness (QED) is 0.772. The van der Waals surface area contributed by atoms with Gasteiger partial charge in [-0.2, -0.15) is 0 Å². The molecule has 1 unspecified atom stereocenters. The van der Waals surface area contributed by atoms with Gasteiger partial charge in [0.1, 0.15) is 0 Å². The fourth-order valence-electron chi connectivity index (χ4n) is 2.10. The van der Waals surface area contributed by atoms with Crippen LogP contribution in [0.3, 0.4) is 0 Å². The van der Waals surface area contributed by atoms with E-state index in [1.165, 1.54) is 12.5 Å². The van der Waals surface area contributed by atoms with Crippen LogP contribution in [0.1, 0.15) is 45.7 Å². The predicted octanol–water partition coefficient (Wildman–Crippen LogP) is 3.36. The molecule has 0 heterocycles. The molecule has 4 nitrogen and oxygen atoms in total. The molecule has 21 heavy (non-hydrogen) atoms. The van der Waals surface area contributed by atoms with Crippen LogP contribution in [-0.4, -0.2) is 26.2 Å². The van der Waals surface area contributed by atoms with E-state index in [0.29, 0.717) is 0 Å². The zero-order chi connectivity index (χ0) is 15.9. The Labute approximate surface area is 128 Å². The Morgan fingerprint density at radius 2 is 2.10 bits per heavy atom. The molecule has 1 aromatic rings. The van der Waals surface area contributed by atoms with Crippen LogP contribution in [0.25, 0.3) is 0 Å². The summed E-state index contributed by atoms with van der Waals surface area (Å²) in [6.45, 7) is 9.83. The van der Waals surface area contributed by atoms with E-state index in [-0.39, 0.29) is 17.4 Å². The lowest BCUT2D eigenvalue weighted by Gasteiger charge is -2.27. The Balaban J connectivity index is 2.59. The third-order valence-corrected chi connectivity index (χ3v) is 3.58. The molecular formula is C17H28N2O2. The van der Waals surface area contributed by atoms with Crippen molar-refractivity contribution in [2.24, 2.45) is 5.41 Å². The van der Waals surface area contributed by atoms with Gasteiger partial charge in [0.15, 0.2) is 0 Å². The molecule has 1 atom stereocenters. The number of methoxy groups -OCH3 is 1. The van der Waals surface area contributed by atoms with Crippen molar-refractivity contribution >= 4 is 11.6 Å². The van der Waals surface area contributed by atoms with E-state index in [9.17, 15) is 4.79 Å². The van der Waals surface area contributed by atoms with Crippen LogP contribution in [0.2, 0.25) is 0 Å². The van der Waals surface area contributed by atoms with Gasteiger partial charge in [-0.25, -0.2) is 0 Å². The first-order valence-corrected chi connectivity index (χ1v) is 7.44. The molecule has 0 saturated carbocycles. The Bertz CT molecular complexity index is 458. The lowest BCUT2D eigenvalue weighted by Crippen LogP contribution is -2.32. The molecule has 0 aliphatic carbocycles. The smallest absolute Gasteiger partial charge is 0.221 e. The van der Waals surface area contributed by atoms with E-state index in [4.69, 9.17) is 4.74 Å². The molecule has 118 valence electrons. The van der Waals surface area contributed by atoms with Crippen LogP contribution in [0.5, 0.6) is 0 Å². The maximum Gasteiger partial charge on any atom is 0.221 e. The maximum atomic E-state index is 11.1. The number of hydrogen-bond donors (Lipinski definition) is 2. The Kier molecular flexibility index (Phi) is 6.85. The van der Waals surface area contributed by atoms with Gasteiger partial charge in [-0.1, -0.05) is 26.0 Å². The number of anilines is 1. The third-order valence-electron chi connectivity index (χ3n) is 3.58. The van der Waals surface area contributed by atoms with Gasteiger partial charge in [0.05, 0.1) is 0 Å². The third kappa shape index (κ3) is 6.74. The summed E-state index contributed by atoms with van der Waals surface area (Å²) in [7, 11) is 1.74. The van der Waals surface area contributed by atoms with E-state index >= 15 is 0 Å². The lowest BCUT2D eigenvalue weighted by molar-refractivity contribution is -0.114. The van der Waals surface area contributed by atoms with Gasteiger partial charge < -0.3 is 15.4 Å². The monoisotopic (exact) mass is 292 g/mol. The number of benzene rings is 1. The fourth-order valence-corrected chi connectivity index (χ4v) is 2.10. The molecule has 1 aromatic carbocycles. The number of amides is 1. The number of carbonyl (C=O) groups is 1. The minimum absolute atomic E-state index is 0.0477. The second-order valence-corrected chi connectivity index (χ2v) is 6.32. The van der Waals surface area contributed by atoms with Crippen molar-refractivity contribution in [3.63, 3.8) is 0 Å². The molecule has 0 radical (unpaired) electrons. The van der Waals surface area contributed by atoms with Gasteiger partial charge in [-0.05, 0) is 36.5 Å². The summed E-state index contributed by atoms with van der Waals surface area (Å²) in [5.41, 5.74) is 2.20. The van der Waals surface area contributed by atoms with Crippen molar-refractivity contribution in [3.8, 4) is 0 Å². The van der Waals surface area contributed by atoms with Gasteiger partial charge in [-0.15, -0.1) is 0 Å². The van der Waals surface area contributed by atoms with Crippen LogP contribution in [-0.2, 0) is 9.53 Å². The van der Waals surface area contributed by atoms with E-state index in [1.807, 2.05) is 18.2 Å². The van der Waals surface area contributed by atoms with Crippen LogP contribution in [0.4, 0.5) is 5.69 Å². The molecule has 0 aliphatic rings. The Morgan fingerprint density at radius 1 is 1.38 bits per heavy atom. The van der Waals surface area contributed by atoms with Crippen LogP contribution in [0.15, 0.2) is 24.3 Å². The van der Waals surface area contributed by atoms with Crippen LogP contribution < -0.4 is 10.6 Å². The van der Waals surface area contributed by atoms with Crippen LogP contribution in [0, 0.1) is 5.41 Å². The highest BCUT2D eigenvalue weighted by atomic mass is 16.5. The van der Waals surface area contributed by atoms with Gasteiger partial charge in [0.2, 0.25) is 5.91 Å². The second kappa shape index (κ2) is 8.15. The summed E-state index contributed by atoms with van der Waals surface area (Å²) < 4.78 is 5.15. The summed E-state index contributed by atoms with van der Waals surface area (Å²) in [6.07, 6.45) is 1.02. The summed E-state index contributed by atoms with van der Waals surface area (Å²) in [6, 6.07) is 8.20. The van der Waals surface area contributed by atoms with Crippen molar-refractivity contribution < 1.29 is 9.53 Å². The topological polar surface area (TPSA) is 50.4 Å². The van der Waals surface area contributed by atoms with E-state index in [1.54, 1.807) is 7.11 Å². The SMILES string of the molecule is COCCC(C)(C)CNC(C)c1cccc(NC(C)=O)c1. The molecule has 2 N–H and O–H groups in total. The number of rotatable bonds is 8. The Hall–Kier alpha value is -1.39. The second-order valence-electron chi connectivity index (χ2n) is 6.32. The number of carbonyl (C=O) groups excluding carboxylic acids is 1. The van der Waals surface area contributed by atoms with Crippen molar-refractivity contribution in [1.29, 1.82) is 0 Å². The summed E-state index contributed by atoms with van der Waals surface area (Å²) in [4.78, 5) is 11.1. The number of ether oxygens (including phenoxy) is 1. The largest absolute Gasteiger partial charge is 0.385 e. The number of hydrogen-bond acceptors (Lipinski definition) is 3. The molecule has 1 amide bonds. The molecule has 0 spiro atoms. The molecular weight excluding hydrogens is 264 g/mol. The summed E-state index contributed by atoms with van der Waals surface area (Å²) >= 11 is 0. The molecule has 1 rings (SSSR count). The van der Waals surface area contributed by atoms with Crippen molar-refractivity contribution in [2.45, 2.75) is 40.2 Å². The first kappa shape index (κ1) is 17.7. The van der Waals surface area contributed by atoms with Crippen molar-refractivity contribution in [3.05, 3.63) is 29.8 Å². The highest BCUT2D eigenvalue weighted by molar-refractivity contribution is 5.88. The number of nitrogens with one attached hydrogen (secondary N) is 2. The average Bonchev–Trinajstić information content (AvgIpc) is 2.42. The molecule has 0 aliphatic heterocycles. The van der Waals surface area contributed by atoms with E-state index in [2.05, 4.69) is 37.5 Å². The van der Waals surface area contributed by atoms with E-state index < -0.39 is 0 Å². The standard InChI is InChI=1S/C17H28N2O2/c1-13(18-12-17(3,4)9-10-21-5)15-7-6-8-16(11-15)19-14(2)20/h6-8,11,13,18H,9-10,12H2,1-5H3,(H,19,20). The van der Waals surface area contributed by atoms with Crippen molar-refractivity contribution in [2.75, 3.05) is 25.6 Å². The van der Waals surface area contributed by atoms with Crippen LogP contribution >= 0.6 is 0 Å². The summed E-state index contributed by atoms with van der Waals surface area (Å²) in [5.74, 6) is -0.0477. The van der Waals surface area contributed by atoms with Gasteiger partial charge in [0.25, 0.3) is 0 Å². The zero-order valence-electron chi connectivity index (χ0n) is 13.8. The molecule has 0 bridgehead atoms. The minimum Gasteiger partial charge on any atom is -0.385 e. The predicted molar refractivity (Wildman–Crippen MR) is 87.4 cm³/mol. The summed E-state index contributed by atoms with van der Waals surface area (Å²) in [5, 5.41) is 6.38. The van der Waals surface area contributed by atoms with E-state index in [0.717, 1.165) is 25.3 Å². The maximum absolute atomic E-state index is 11.1. The van der Waals surface area contributed by atoms with Gasteiger partial charge in [0, 0.05) is 38.9 Å². The van der Waals surface area contributed by atoms with Gasteiger partial charge >= 0.3 is 0 Å². The molecule has 0 saturated heterocycles. The lowest BCUT2D eigenvalue weighted by atomic mass is 9.89. The Morgan fingerprint density at radius 3 is 2.71 bits per heavy atom. The highest BCUT2D eigenvalue weighted by Gasteiger charge is 2.18. The first-order chi connectivity index (χ1) is 9.84.